The molecular weight excluding hydrogens is 196 g/mol. The fourth-order valence-electron chi connectivity index (χ4n) is 0.208. The highest BCUT2D eigenvalue weighted by atomic mass is 35.7. The van der Waals surface area contributed by atoms with Gasteiger partial charge in [-0.25, -0.2) is 0 Å². The predicted octanol–water partition coefficient (Wildman–Crippen LogP) is 1.93. The number of thiocarbonyl (C=S) groups is 1. The van der Waals surface area contributed by atoms with Gasteiger partial charge in [0.05, 0.1) is 0 Å². The maximum absolute atomic E-state index is 5.57. The summed E-state index contributed by atoms with van der Waals surface area (Å²) in [5.41, 5.74) is 0. The monoisotopic (exact) mass is 202 g/mol. The van der Waals surface area contributed by atoms with Crippen molar-refractivity contribution in [2.45, 2.75) is 20.0 Å². The van der Waals surface area contributed by atoms with E-state index >= 15 is 0 Å². The molecule has 1 atom stereocenters. The zero-order valence-corrected chi connectivity index (χ0v) is 8.29. The van der Waals surface area contributed by atoms with Gasteiger partial charge < -0.3 is 24.8 Å². The Morgan fingerprint density at radius 3 is 2.33 bits per heavy atom. The summed E-state index contributed by atoms with van der Waals surface area (Å²) in [7, 11) is 4.74. The largest absolute Gasteiger partial charge is 0.372 e. The van der Waals surface area contributed by atoms with Gasteiger partial charge >= 0.3 is 0 Å². The molecule has 1 unspecified atom stereocenters. The first-order valence-electron chi connectivity index (χ1n) is 2.32. The molecule has 0 heterocycles. The molecule has 0 N–H and O–H groups in total. The number of rotatable bonds is 2. The topological polar surface area (TPSA) is 9.23 Å². The highest BCUT2D eigenvalue weighted by Gasteiger charge is 2.17. The molecule has 0 spiro atoms. The number of halogens is 1. The van der Waals surface area contributed by atoms with Crippen LogP contribution in [0.5, 0.6) is 0 Å². The van der Waals surface area contributed by atoms with Crippen molar-refractivity contribution in [2.24, 2.45) is 0 Å². The first-order valence-corrected chi connectivity index (χ1v) is 5.12. The van der Waals surface area contributed by atoms with Crippen molar-refractivity contribution in [1.29, 1.82) is 0 Å². The van der Waals surface area contributed by atoms with Crippen molar-refractivity contribution in [2.75, 3.05) is 0 Å². The minimum Gasteiger partial charge on any atom is -0.372 e. The fraction of sp³-hybridized carbons (Fsp3) is 0.750. The Morgan fingerprint density at radius 2 is 2.22 bits per heavy atom. The molecular formula is C4H7ClOS3. The Hall–Kier alpha value is 0.910. The molecule has 0 radical (unpaired) electrons. The van der Waals surface area contributed by atoms with Crippen molar-refractivity contribution in [3.05, 3.63) is 0 Å². The fourth-order valence-corrected chi connectivity index (χ4v) is 1.30. The summed E-state index contributed by atoms with van der Waals surface area (Å²) in [6.45, 7) is 3.77. The third-order valence-electron chi connectivity index (χ3n) is 0.408. The lowest BCUT2D eigenvalue weighted by Gasteiger charge is -2.01. The van der Waals surface area contributed by atoms with E-state index in [1.807, 2.05) is 13.8 Å². The van der Waals surface area contributed by atoms with Gasteiger partial charge in [-0.05, 0) is 13.8 Å². The summed E-state index contributed by atoms with van der Waals surface area (Å²) in [5.74, 6) is 0. The van der Waals surface area contributed by atoms with Gasteiger partial charge in [0.1, 0.15) is 9.63 Å². The molecule has 0 aliphatic heterocycles. The van der Waals surface area contributed by atoms with Crippen LogP contribution in [0.15, 0.2) is 0 Å². The van der Waals surface area contributed by atoms with E-state index < -0.39 is 10.4 Å². The van der Waals surface area contributed by atoms with Gasteiger partial charge in [-0.15, -0.1) is 4.18 Å². The second-order valence-corrected chi connectivity index (χ2v) is 5.10. The van der Waals surface area contributed by atoms with Crippen molar-refractivity contribution in [3.8, 4) is 0 Å². The molecule has 0 amide bonds. The minimum atomic E-state index is -0.833. The quantitative estimate of drug-likeness (QED) is 0.385. The van der Waals surface area contributed by atoms with Crippen LogP contribution in [0.2, 0.25) is 0 Å². The molecule has 0 aliphatic rings. The second kappa shape index (κ2) is 4.68. The lowest BCUT2D eigenvalue weighted by molar-refractivity contribution is 0.288. The molecule has 0 aromatic carbocycles. The first-order chi connectivity index (χ1) is 4.04. The zero-order chi connectivity index (χ0) is 7.44. The summed E-state index contributed by atoms with van der Waals surface area (Å²) in [5, 5.41) is 0. The lowest BCUT2D eigenvalue weighted by Crippen LogP contribution is -2.12. The van der Waals surface area contributed by atoms with Gasteiger partial charge in [-0.2, -0.15) is 0 Å². The SMILES string of the molecule is CC(C)O[S+](Cl)C(=S)[S-]. The van der Waals surface area contributed by atoms with Gasteiger partial charge in [-0.1, -0.05) is 0 Å². The molecule has 0 aromatic heterocycles. The molecule has 9 heavy (non-hydrogen) atoms. The first kappa shape index (κ1) is 9.91. The lowest BCUT2D eigenvalue weighted by atomic mass is 10.5. The van der Waals surface area contributed by atoms with Crippen LogP contribution in [-0.4, -0.2) is 9.63 Å². The average Bonchev–Trinajstić information content (AvgIpc) is 1.63. The van der Waals surface area contributed by atoms with Crippen LogP contribution < -0.4 is 0 Å². The summed E-state index contributed by atoms with van der Waals surface area (Å²) >= 11 is 9.21. The smallest absolute Gasteiger partial charge is 0.281 e. The van der Waals surface area contributed by atoms with Crippen LogP contribution in [0.4, 0.5) is 0 Å². The van der Waals surface area contributed by atoms with Gasteiger partial charge in [0.15, 0.2) is 0 Å². The molecule has 0 fully saturated rings. The molecule has 0 bridgehead atoms. The van der Waals surface area contributed by atoms with Gasteiger partial charge in [-0.3, -0.25) is 0 Å². The van der Waals surface area contributed by atoms with Crippen molar-refractivity contribution >= 4 is 49.4 Å². The van der Waals surface area contributed by atoms with Gasteiger partial charge in [0.25, 0.3) is 10.4 Å². The summed E-state index contributed by atoms with van der Waals surface area (Å²) < 4.78 is 5.36. The molecule has 54 valence electrons. The van der Waals surface area contributed by atoms with E-state index in [1.54, 1.807) is 0 Å². The molecule has 0 saturated carbocycles. The van der Waals surface area contributed by atoms with Crippen molar-refractivity contribution in [3.63, 3.8) is 0 Å². The Morgan fingerprint density at radius 1 is 1.78 bits per heavy atom. The maximum atomic E-state index is 5.57. The van der Waals surface area contributed by atoms with Gasteiger partial charge in [0.2, 0.25) is 10.7 Å². The zero-order valence-electron chi connectivity index (χ0n) is 5.09. The minimum absolute atomic E-state index is 0.0896. The summed E-state index contributed by atoms with van der Waals surface area (Å²) in [6.07, 6.45) is 0.0896. The van der Waals surface area contributed by atoms with Crippen LogP contribution in [0.1, 0.15) is 13.8 Å². The standard InChI is InChI=1S/C4H7ClOS3/c1-3(2)6-9(5)4(7)8/h3H,1-2H3. The highest BCUT2D eigenvalue weighted by Crippen LogP contribution is 2.09. The number of hydrogen-bond donors (Lipinski definition) is 0. The normalized spacial score (nSPS) is 13.8. The summed E-state index contributed by atoms with van der Waals surface area (Å²) in [4.78, 5) is 0. The maximum Gasteiger partial charge on any atom is 0.281 e. The van der Waals surface area contributed by atoms with E-state index in [2.05, 4.69) is 24.8 Å². The molecule has 0 saturated heterocycles. The van der Waals surface area contributed by atoms with Gasteiger partial charge in [0, 0.05) is 0 Å². The van der Waals surface area contributed by atoms with E-state index in [9.17, 15) is 0 Å². The van der Waals surface area contributed by atoms with E-state index in [0.29, 0.717) is 3.53 Å². The van der Waals surface area contributed by atoms with Crippen LogP contribution in [0.3, 0.4) is 0 Å². The van der Waals surface area contributed by atoms with Crippen molar-refractivity contribution < 1.29 is 4.18 Å². The van der Waals surface area contributed by atoms with Crippen LogP contribution in [-0.2, 0) is 27.2 Å². The third-order valence-corrected chi connectivity index (χ3v) is 3.36. The van der Waals surface area contributed by atoms with E-state index in [1.165, 1.54) is 0 Å². The van der Waals surface area contributed by atoms with Crippen LogP contribution in [0.25, 0.3) is 0 Å². The average molecular weight is 203 g/mol. The predicted molar refractivity (Wildman–Crippen MR) is 49.4 cm³/mol. The van der Waals surface area contributed by atoms with E-state index in [-0.39, 0.29) is 6.10 Å². The van der Waals surface area contributed by atoms with Crippen LogP contribution in [0, 0.1) is 0 Å². The molecule has 0 aromatic rings. The molecule has 0 aliphatic carbocycles. The second-order valence-electron chi connectivity index (χ2n) is 1.62. The van der Waals surface area contributed by atoms with E-state index in [0.717, 1.165) is 0 Å². The van der Waals surface area contributed by atoms with Crippen LogP contribution >= 0.6 is 22.9 Å². The Kier molecular flexibility index (Phi) is 5.16. The Bertz CT molecular complexity index is 106. The highest BCUT2D eigenvalue weighted by molar-refractivity contribution is 8.43. The Balaban J connectivity index is 3.50. The summed E-state index contributed by atoms with van der Waals surface area (Å²) in [6, 6.07) is 0. The van der Waals surface area contributed by atoms with Crippen molar-refractivity contribution in [1.82, 2.24) is 0 Å². The Labute approximate surface area is 73.6 Å². The molecule has 5 heteroatoms. The molecule has 0 rings (SSSR count). The van der Waals surface area contributed by atoms with E-state index in [4.69, 9.17) is 14.9 Å². The number of hydrogen-bond acceptors (Lipinski definition) is 3. The molecule has 1 nitrogen and oxygen atoms in total. The third kappa shape index (κ3) is 5.36.